The minimum atomic E-state index is -0.790. The van der Waals surface area contributed by atoms with E-state index in [9.17, 15) is 14.4 Å². The Bertz CT molecular complexity index is 597. The van der Waals surface area contributed by atoms with Gasteiger partial charge in [0.15, 0.2) is 0 Å². The van der Waals surface area contributed by atoms with Gasteiger partial charge in [-0.1, -0.05) is 44.2 Å². The number of carbonyl (C=O) groups excluding carboxylic acids is 3. The molecular weight excluding hydrogens is 334 g/mol. The summed E-state index contributed by atoms with van der Waals surface area (Å²) in [5.41, 5.74) is 5.54. The average Bonchev–Trinajstić information content (AvgIpc) is 2.55. The van der Waals surface area contributed by atoms with E-state index in [-0.39, 0.29) is 5.92 Å². The molecule has 0 saturated heterocycles. The number of aldehydes is 1. The van der Waals surface area contributed by atoms with Crippen LogP contribution in [0.5, 0.6) is 0 Å². The third-order valence-electron chi connectivity index (χ3n) is 3.46. The summed E-state index contributed by atoms with van der Waals surface area (Å²) in [6, 6.07) is 8.11. The molecule has 0 bridgehead atoms. The highest BCUT2D eigenvalue weighted by molar-refractivity contribution is 5.85. The molecule has 1 rings (SSSR count). The first kappa shape index (κ1) is 21.6. The van der Waals surface area contributed by atoms with Gasteiger partial charge in [-0.05, 0) is 38.7 Å². The number of benzene rings is 1. The van der Waals surface area contributed by atoms with Crippen LogP contribution in [0, 0.1) is 5.92 Å². The fraction of sp³-hybridized carbons (Fsp3) is 0.526. The lowest BCUT2D eigenvalue weighted by Gasteiger charge is -2.25. The lowest BCUT2D eigenvalue weighted by atomic mass is 10.0. The van der Waals surface area contributed by atoms with E-state index in [0.29, 0.717) is 6.42 Å². The predicted molar refractivity (Wildman–Crippen MR) is 99.3 cm³/mol. The summed E-state index contributed by atoms with van der Waals surface area (Å²) in [5.74, 6) is -0.598. The summed E-state index contributed by atoms with van der Waals surface area (Å²) < 4.78 is 5.19. The second-order valence-electron chi connectivity index (χ2n) is 7.43. The van der Waals surface area contributed by atoms with E-state index in [1.54, 1.807) is 20.8 Å². The molecule has 1 aromatic carbocycles. The van der Waals surface area contributed by atoms with E-state index in [2.05, 4.69) is 16.2 Å². The van der Waals surface area contributed by atoms with Crippen LogP contribution in [0.1, 0.15) is 40.2 Å². The number of amides is 2. The predicted octanol–water partition coefficient (Wildman–Crippen LogP) is 1.97. The Morgan fingerprint density at radius 2 is 1.77 bits per heavy atom. The Labute approximate surface area is 154 Å². The lowest BCUT2D eigenvalue weighted by molar-refractivity contribution is -0.125. The zero-order chi connectivity index (χ0) is 19.7. The number of hydrogen-bond donors (Lipinski definition) is 3. The van der Waals surface area contributed by atoms with Crippen LogP contribution in [-0.4, -0.2) is 36.0 Å². The molecule has 7 nitrogen and oxygen atoms in total. The monoisotopic (exact) mass is 363 g/mol. The van der Waals surface area contributed by atoms with E-state index in [1.807, 2.05) is 44.2 Å². The molecule has 0 heterocycles. The van der Waals surface area contributed by atoms with Crippen molar-refractivity contribution in [3.05, 3.63) is 35.9 Å². The average molecular weight is 363 g/mol. The van der Waals surface area contributed by atoms with Crippen LogP contribution < -0.4 is 16.2 Å². The molecule has 1 aromatic rings. The van der Waals surface area contributed by atoms with Crippen LogP contribution in [0.2, 0.25) is 0 Å². The van der Waals surface area contributed by atoms with Gasteiger partial charge in [-0.25, -0.2) is 10.2 Å². The molecule has 0 unspecified atom stereocenters. The number of hydrogen-bond acceptors (Lipinski definition) is 5. The van der Waals surface area contributed by atoms with E-state index in [0.717, 1.165) is 11.8 Å². The largest absolute Gasteiger partial charge is 0.444 e. The summed E-state index contributed by atoms with van der Waals surface area (Å²) in [4.78, 5) is 35.6. The normalized spacial score (nSPS) is 13.6. The topological polar surface area (TPSA) is 96.5 Å². The third-order valence-corrected chi connectivity index (χ3v) is 3.46. The minimum Gasteiger partial charge on any atom is -0.444 e. The molecule has 0 aliphatic rings. The van der Waals surface area contributed by atoms with Crippen molar-refractivity contribution in [3.63, 3.8) is 0 Å². The van der Waals surface area contributed by atoms with Crippen LogP contribution in [-0.2, 0) is 20.7 Å². The molecule has 2 amide bonds. The van der Waals surface area contributed by atoms with Crippen LogP contribution in [0.25, 0.3) is 0 Å². The number of hydrazine groups is 1. The highest BCUT2D eigenvalue weighted by Gasteiger charge is 2.27. The van der Waals surface area contributed by atoms with Crippen molar-refractivity contribution in [1.82, 2.24) is 16.2 Å². The molecule has 0 aliphatic heterocycles. The molecule has 7 heteroatoms. The molecule has 0 aromatic heterocycles. The van der Waals surface area contributed by atoms with E-state index >= 15 is 0 Å². The molecule has 2 atom stereocenters. The van der Waals surface area contributed by atoms with Gasteiger partial charge >= 0.3 is 6.09 Å². The Morgan fingerprint density at radius 3 is 2.27 bits per heavy atom. The van der Waals surface area contributed by atoms with Crippen molar-refractivity contribution in [2.24, 2.45) is 5.92 Å². The molecule has 0 fully saturated rings. The highest BCUT2D eigenvalue weighted by atomic mass is 16.6. The van der Waals surface area contributed by atoms with Gasteiger partial charge in [0.25, 0.3) is 5.91 Å². The van der Waals surface area contributed by atoms with Gasteiger partial charge < -0.3 is 14.8 Å². The number of carbonyl (C=O) groups is 3. The Hall–Kier alpha value is -2.41. The molecule has 26 heavy (non-hydrogen) atoms. The summed E-state index contributed by atoms with van der Waals surface area (Å²) >= 11 is 0. The zero-order valence-corrected chi connectivity index (χ0v) is 16.0. The maximum absolute atomic E-state index is 12.4. The summed E-state index contributed by atoms with van der Waals surface area (Å²) in [6.07, 6.45) is 0.512. The second kappa shape index (κ2) is 9.91. The maximum atomic E-state index is 12.4. The lowest BCUT2D eigenvalue weighted by Crippen LogP contribution is -2.56. The molecule has 144 valence electrons. The molecule has 0 spiro atoms. The van der Waals surface area contributed by atoms with E-state index in [1.165, 1.54) is 0 Å². The van der Waals surface area contributed by atoms with E-state index < -0.39 is 29.7 Å². The van der Waals surface area contributed by atoms with Gasteiger partial charge in [-0.3, -0.25) is 10.2 Å². The number of alkyl carbamates (subject to hydrolysis) is 1. The second-order valence-corrected chi connectivity index (χ2v) is 7.43. The Kier molecular flexibility index (Phi) is 8.25. The Balaban J connectivity index is 2.60. The maximum Gasteiger partial charge on any atom is 0.408 e. The first-order valence-electron chi connectivity index (χ1n) is 8.66. The van der Waals surface area contributed by atoms with Gasteiger partial charge in [0.1, 0.15) is 17.9 Å². The van der Waals surface area contributed by atoms with Crippen molar-refractivity contribution in [2.45, 2.75) is 58.7 Å². The number of rotatable bonds is 8. The van der Waals surface area contributed by atoms with Gasteiger partial charge in [-0.15, -0.1) is 0 Å². The van der Waals surface area contributed by atoms with Crippen molar-refractivity contribution in [2.75, 3.05) is 0 Å². The quantitative estimate of drug-likeness (QED) is 0.485. The van der Waals surface area contributed by atoms with E-state index in [4.69, 9.17) is 4.74 Å². The van der Waals surface area contributed by atoms with Gasteiger partial charge in [0.05, 0.1) is 6.04 Å². The SMILES string of the molecule is CC(C)[C@H](NC(=O)OC(C)(C)C)C(=O)NN[C@H](C=O)Cc1ccccc1. The summed E-state index contributed by atoms with van der Waals surface area (Å²) in [7, 11) is 0. The van der Waals surface area contributed by atoms with Crippen molar-refractivity contribution >= 4 is 18.3 Å². The third kappa shape index (κ3) is 8.11. The zero-order valence-electron chi connectivity index (χ0n) is 16.0. The van der Waals surface area contributed by atoms with Gasteiger partial charge in [0.2, 0.25) is 0 Å². The molecule has 0 radical (unpaired) electrons. The summed E-state index contributed by atoms with van der Waals surface area (Å²) in [6.45, 7) is 8.86. The minimum absolute atomic E-state index is 0.159. The first-order chi connectivity index (χ1) is 12.1. The highest BCUT2D eigenvalue weighted by Crippen LogP contribution is 2.09. The smallest absolute Gasteiger partial charge is 0.408 e. The fourth-order valence-electron chi connectivity index (χ4n) is 2.21. The van der Waals surface area contributed by atoms with Crippen LogP contribution in [0.3, 0.4) is 0 Å². The Morgan fingerprint density at radius 1 is 1.15 bits per heavy atom. The standard InChI is InChI=1S/C19H29N3O4/c1-13(2)16(20-18(25)26-19(3,4)5)17(24)22-21-15(12-23)11-14-9-7-6-8-10-14/h6-10,12-13,15-16,21H,11H2,1-5H3,(H,20,25)(H,22,24)/t15-,16-/m0/s1. The number of ether oxygens (including phenoxy) is 1. The molecule has 0 aliphatic carbocycles. The van der Waals surface area contributed by atoms with Gasteiger partial charge in [0, 0.05) is 0 Å². The van der Waals surface area contributed by atoms with Crippen LogP contribution in [0.4, 0.5) is 4.79 Å². The molecular formula is C19H29N3O4. The summed E-state index contributed by atoms with van der Waals surface area (Å²) in [5, 5.41) is 2.56. The molecule has 3 N–H and O–H groups in total. The fourth-order valence-corrected chi connectivity index (χ4v) is 2.21. The number of nitrogens with one attached hydrogen (secondary N) is 3. The van der Waals surface area contributed by atoms with Crippen molar-refractivity contribution in [3.8, 4) is 0 Å². The first-order valence-corrected chi connectivity index (χ1v) is 8.66. The van der Waals surface area contributed by atoms with Crippen LogP contribution in [0.15, 0.2) is 30.3 Å². The van der Waals surface area contributed by atoms with Crippen molar-refractivity contribution < 1.29 is 19.1 Å². The van der Waals surface area contributed by atoms with Crippen molar-refractivity contribution in [1.29, 1.82) is 0 Å². The van der Waals surface area contributed by atoms with Gasteiger partial charge in [-0.2, -0.15) is 0 Å². The molecule has 0 saturated carbocycles. The van der Waals surface area contributed by atoms with Crippen LogP contribution >= 0.6 is 0 Å².